The van der Waals surface area contributed by atoms with Gasteiger partial charge in [-0.3, -0.25) is 9.80 Å². The minimum absolute atomic E-state index is 0.484. The molecule has 3 rings (SSSR count). The van der Waals surface area contributed by atoms with Crippen LogP contribution in [0.3, 0.4) is 0 Å². The maximum absolute atomic E-state index is 4.21. The summed E-state index contributed by atoms with van der Waals surface area (Å²) in [6.45, 7) is 4.28. The second-order valence-corrected chi connectivity index (χ2v) is 5.64. The lowest BCUT2D eigenvalue weighted by atomic mass is 10.0. The molecule has 2 aromatic rings. The third-order valence-corrected chi connectivity index (χ3v) is 4.22. The number of aryl methyl sites for hydroxylation is 1. The van der Waals surface area contributed by atoms with Crippen LogP contribution >= 0.6 is 0 Å². The van der Waals surface area contributed by atoms with E-state index in [1.165, 1.54) is 11.3 Å². The Morgan fingerprint density at radius 3 is 2.65 bits per heavy atom. The molecule has 0 amide bonds. The van der Waals surface area contributed by atoms with E-state index < -0.39 is 0 Å². The van der Waals surface area contributed by atoms with Gasteiger partial charge in [0.1, 0.15) is 0 Å². The highest BCUT2D eigenvalue weighted by Crippen LogP contribution is 2.24. The molecule has 2 heterocycles. The monoisotopic (exact) mass is 270 g/mol. The molecule has 0 bridgehead atoms. The number of hydrogen-bond donors (Lipinski definition) is 0. The van der Waals surface area contributed by atoms with Gasteiger partial charge in [0, 0.05) is 45.5 Å². The average Bonchev–Trinajstić information content (AvgIpc) is 2.87. The molecule has 0 saturated carbocycles. The molecule has 0 aliphatic carbocycles. The van der Waals surface area contributed by atoms with E-state index in [0.717, 1.165) is 26.2 Å². The molecule has 4 nitrogen and oxygen atoms in total. The number of nitrogens with zero attached hydrogens (tertiary/aromatic N) is 4. The molecule has 1 atom stereocenters. The average molecular weight is 270 g/mol. The predicted molar refractivity (Wildman–Crippen MR) is 80.3 cm³/mol. The second-order valence-electron chi connectivity index (χ2n) is 5.64. The topological polar surface area (TPSA) is 24.3 Å². The molecule has 0 unspecified atom stereocenters. The standard InChI is InChI=1S/C16H22N4/c1-18-8-9-20(11-15-10-17-13-19(15)2)12-16(18)14-6-4-3-5-7-14/h3-7,10,13,16H,8-9,11-12H2,1-2H3/t16-/m1/s1. The van der Waals surface area contributed by atoms with Crippen LogP contribution in [-0.4, -0.2) is 46.0 Å². The van der Waals surface area contributed by atoms with Gasteiger partial charge in [-0.15, -0.1) is 0 Å². The third kappa shape index (κ3) is 2.76. The summed E-state index contributed by atoms with van der Waals surface area (Å²) in [4.78, 5) is 9.18. The van der Waals surface area contributed by atoms with Crippen molar-refractivity contribution in [1.82, 2.24) is 19.4 Å². The van der Waals surface area contributed by atoms with Crippen molar-refractivity contribution in [1.29, 1.82) is 0 Å². The summed E-state index contributed by atoms with van der Waals surface area (Å²) in [7, 11) is 4.28. The minimum atomic E-state index is 0.484. The van der Waals surface area contributed by atoms with Gasteiger partial charge in [0.2, 0.25) is 0 Å². The minimum Gasteiger partial charge on any atom is -0.337 e. The number of rotatable bonds is 3. The number of piperazine rings is 1. The zero-order chi connectivity index (χ0) is 13.9. The van der Waals surface area contributed by atoms with Crippen LogP contribution in [0.1, 0.15) is 17.3 Å². The highest BCUT2D eigenvalue weighted by Gasteiger charge is 2.25. The number of likely N-dealkylation sites (N-methyl/N-ethyl adjacent to an activating group) is 1. The van der Waals surface area contributed by atoms with Crippen LogP contribution in [0.4, 0.5) is 0 Å². The molecule has 1 aliphatic rings. The van der Waals surface area contributed by atoms with Gasteiger partial charge in [-0.1, -0.05) is 30.3 Å². The van der Waals surface area contributed by atoms with Crippen molar-refractivity contribution in [2.75, 3.05) is 26.7 Å². The van der Waals surface area contributed by atoms with Gasteiger partial charge in [-0.05, 0) is 12.6 Å². The Morgan fingerprint density at radius 1 is 1.15 bits per heavy atom. The maximum Gasteiger partial charge on any atom is 0.0945 e. The molecule has 106 valence electrons. The quantitative estimate of drug-likeness (QED) is 0.851. The number of hydrogen-bond acceptors (Lipinski definition) is 3. The van der Waals surface area contributed by atoms with Gasteiger partial charge in [-0.25, -0.2) is 4.98 Å². The zero-order valence-corrected chi connectivity index (χ0v) is 12.2. The Morgan fingerprint density at radius 2 is 1.95 bits per heavy atom. The summed E-state index contributed by atoms with van der Waals surface area (Å²) in [6, 6.07) is 11.3. The van der Waals surface area contributed by atoms with Crippen LogP contribution in [0.15, 0.2) is 42.9 Å². The SMILES string of the molecule is CN1CCN(Cc2cncn2C)C[C@@H]1c1ccccc1. The lowest BCUT2D eigenvalue weighted by Crippen LogP contribution is -2.46. The van der Waals surface area contributed by atoms with Gasteiger partial charge in [0.15, 0.2) is 0 Å². The third-order valence-electron chi connectivity index (χ3n) is 4.22. The van der Waals surface area contributed by atoms with E-state index >= 15 is 0 Å². The molecule has 1 aliphatic heterocycles. The summed E-state index contributed by atoms with van der Waals surface area (Å²) < 4.78 is 2.11. The smallest absolute Gasteiger partial charge is 0.0945 e. The second kappa shape index (κ2) is 5.77. The summed E-state index contributed by atoms with van der Waals surface area (Å²) in [5, 5.41) is 0. The molecule has 0 radical (unpaired) electrons. The summed E-state index contributed by atoms with van der Waals surface area (Å²) in [6.07, 6.45) is 3.84. The van der Waals surface area contributed by atoms with Crippen LogP contribution in [0.5, 0.6) is 0 Å². The molecule has 0 N–H and O–H groups in total. The van der Waals surface area contributed by atoms with Crippen LogP contribution in [0.2, 0.25) is 0 Å². The van der Waals surface area contributed by atoms with E-state index in [9.17, 15) is 0 Å². The van der Waals surface area contributed by atoms with Crippen molar-refractivity contribution >= 4 is 0 Å². The van der Waals surface area contributed by atoms with Gasteiger partial charge in [-0.2, -0.15) is 0 Å². The molecular formula is C16H22N4. The van der Waals surface area contributed by atoms with Gasteiger partial charge in [0.25, 0.3) is 0 Å². The van der Waals surface area contributed by atoms with Gasteiger partial charge < -0.3 is 4.57 Å². The highest BCUT2D eigenvalue weighted by atomic mass is 15.3. The zero-order valence-electron chi connectivity index (χ0n) is 12.2. The lowest BCUT2D eigenvalue weighted by Gasteiger charge is -2.39. The number of aromatic nitrogens is 2. The van der Waals surface area contributed by atoms with Crippen molar-refractivity contribution < 1.29 is 0 Å². The normalized spacial score (nSPS) is 21.2. The van der Waals surface area contributed by atoms with E-state index in [-0.39, 0.29) is 0 Å². The van der Waals surface area contributed by atoms with Crippen LogP contribution < -0.4 is 0 Å². The summed E-state index contributed by atoms with van der Waals surface area (Å²) >= 11 is 0. The lowest BCUT2D eigenvalue weighted by molar-refractivity contribution is 0.0890. The van der Waals surface area contributed by atoms with Crippen molar-refractivity contribution in [3.63, 3.8) is 0 Å². The van der Waals surface area contributed by atoms with E-state index in [0.29, 0.717) is 6.04 Å². The first-order valence-electron chi connectivity index (χ1n) is 7.17. The molecule has 1 aromatic carbocycles. The van der Waals surface area contributed by atoms with Gasteiger partial charge >= 0.3 is 0 Å². The fraction of sp³-hybridized carbons (Fsp3) is 0.438. The largest absolute Gasteiger partial charge is 0.337 e. The van der Waals surface area contributed by atoms with Crippen LogP contribution in [0, 0.1) is 0 Å². The Labute approximate surface area is 120 Å². The highest BCUT2D eigenvalue weighted by molar-refractivity contribution is 5.20. The van der Waals surface area contributed by atoms with Crippen LogP contribution in [0.25, 0.3) is 0 Å². The summed E-state index contributed by atoms with van der Waals surface area (Å²) in [5.41, 5.74) is 2.69. The van der Waals surface area contributed by atoms with Crippen molar-refractivity contribution in [3.05, 3.63) is 54.1 Å². The molecule has 1 aromatic heterocycles. The molecule has 20 heavy (non-hydrogen) atoms. The molecule has 4 heteroatoms. The van der Waals surface area contributed by atoms with E-state index in [1.807, 2.05) is 12.5 Å². The number of imidazole rings is 1. The van der Waals surface area contributed by atoms with E-state index in [4.69, 9.17) is 0 Å². The number of benzene rings is 1. The first-order chi connectivity index (χ1) is 9.74. The Balaban J connectivity index is 1.72. The van der Waals surface area contributed by atoms with E-state index in [1.54, 1.807) is 0 Å². The van der Waals surface area contributed by atoms with Crippen molar-refractivity contribution in [2.24, 2.45) is 7.05 Å². The molecule has 0 spiro atoms. The first kappa shape index (κ1) is 13.3. The van der Waals surface area contributed by atoms with Gasteiger partial charge in [0.05, 0.1) is 12.0 Å². The van der Waals surface area contributed by atoms with Crippen molar-refractivity contribution in [3.8, 4) is 0 Å². The fourth-order valence-corrected chi connectivity index (χ4v) is 2.87. The predicted octanol–water partition coefficient (Wildman–Crippen LogP) is 1.91. The van der Waals surface area contributed by atoms with Crippen LogP contribution in [-0.2, 0) is 13.6 Å². The molecule has 1 fully saturated rings. The van der Waals surface area contributed by atoms with E-state index in [2.05, 4.69) is 63.8 Å². The first-order valence-corrected chi connectivity index (χ1v) is 7.17. The molecular weight excluding hydrogens is 248 g/mol. The maximum atomic E-state index is 4.21. The summed E-state index contributed by atoms with van der Waals surface area (Å²) in [5.74, 6) is 0. The van der Waals surface area contributed by atoms with Crippen molar-refractivity contribution in [2.45, 2.75) is 12.6 Å². The Hall–Kier alpha value is -1.65. The Kier molecular flexibility index (Phi) is 3.85. The fourth-order valence-electron chi connectivity index (χ4n) is 2.87. The Bertz CT molecular complexity index is 549. The molecule has 1 saturated heterocycles.